The van der Waals surface area contributed by atoms with Crippen molar-refractivity contribution in [1.29, 1.82) is 0 Å². The summed E-state index contributed by atoms with van der Waals surface area (Å²) in [6.45, 7) is 0. The molecule has 180 valence electrons. The van der Waals surface area contributed by atoms with Crippen LogP contribution in [0.1, 0.15) is 0 Å². The average Bonchev–Trinajstić information content (AvgIpc) is 3.01. The summed E-state index contributed by atoms with van der Waals surface area (Å²) in [4.78, 5) is 7.77. The van der Waals surface area contributed by atoms with E-state index in [1.165, 1.54) is 75.0 Å². The number of para-hydroxylation sites is 1. The third-order valence-corrected chi connectivity index (χ3v) is 9.36. The van der Waals surface area contributed by atoms with Crippen molar-refractivity contribution in [3.63, 3.8) is 0 Å². The van der Waals surface area contributed by atoms with Crippen molar-refractivity contribution in [2.75, 3.05) is 0 Å². The summed E-state index contributed by atoms with van der Waals surface area (Å²) in [5.74, 6) is 0. The molecule has 2 heterocycles. The van der Waals surface area contributed by atoms with Gasteiger partial charge in [-0.25, -0.2) is 4.98 Å². The van der Waals surface area contributed by atoms with Crippen LogP contribution in [0.5, 0.6) is 0 Å². The van der Waals surface area contributed by atoms with Gasteiger partial charge in [0.15, 0.2) is 0 Å². The Labute approximate surface area is 229 Å². The van der Waals surface area contributed by atoms with Gasteiger partial charge in [0.1, 0.15) is 0 Å². The lowest BCUT2D eigenvalue weighted by molar-refractivity contribution is 1.32. The molecule has 9 rings (SSSR count). The van der Waals surface area contributed by atoms with Gasteiger partial charge in [0.05, 0.1) is 11.2 Å². The molecule has 2 heteroatoms. The Morgan fingerprint density at radius 3 is 1.77 bits per heavy atom. The molecule has 1 aromatic heterocycles. The van der Waals surface area contributed by atoms with Crippen LogP contribution < -0.4 is 0 Å². The second-order valence-corrected chi connectivity index (χ2v) is 11.4. The van der Waals surface area contributed by atoms with Crippen LogP contribution in [-0.4, -0.2) is 4.98 Å². The second-order valence-electron chi connectivity index (χ2n) is 10.3. The van der Waals surface area contributed by atoms with Crippen LogP contribution in [0.4, 0.5) is 0 Å². The lowest BCUT2D eigenvalue weighted by Crippen LogP contribution is -1.97. The molecule has 1 aliphatic heterocycles. The number of aromatic nitrogens is 1. The molecule has 0 spiro atoms. The number of benzene rings is 7. The summed E-state index contributed by atoms with van der Waals surface area (Å²) in [5.41, 5.74) is 5.80. The van der Waals surface area contributed by atoms with Gasteiger partial charge in [0.2, 0.25) is 0 Å². The maximum absolute atomic E-state index is 5.22. The van der Waals surface area contributed by atoms with Gasteiger partial charge >= 0.3 is 0 Å². The third-order valence-electron chi connectivity index (χ3n) is 8.22. The molecule has 0 fully saturated rings. The minimum absolute atomic E-state index is 1.05. The van der Waals surface area contributed by atoms with Crippen LogP contribution >= 0.6 is 11.8 Å². The zero-order valence-electron chi connectivity index (χ0n) is 21.0. The second kappa shape index (κ2) is 7.92. The van der Waals surface area contributed by atoms with Crippen LogP contribution in [0.15, 0.2) is 137 Å². The Kier molecular flexibility index (Phi) is 4.33. The first-order chi connectivity index (χ1) is 19.3. The number of nitrogens with zero attached hydrogens (tertiary/aromatic N) is 1. The SMILES string of the molecule is c1ccc2c(c1)nc1c3c(cccc32)Sc2ccc(-c3ccc4c5ccccc5c5ccccc5c4c3)cc2-1. The molecule has 0 bridgehead atoms. The molecule has 0 amide bonds. The molecule has 39 heavy (non-hydrogen) atoms. The normalized spacial score (nSPS) is 12.5. The average molecular weight is 512 g/mol. The van der Waals surface area contributed by atoms with Gasteiger partial charge in [-0.3, -0.25) is 0 Å². The molecule has 0 N–H and O–H groups in total. The highest BCUT2D eigenvalue weighted by molar-refractivity contribution is 7.99. The Morgan fingerprint density at radius 1 is 0.410 bits per heavy atom. The van der Waals surface area contributed by atoms with E-state index in [9.17, 15) is 0 Å². The monoisotopic (exact) mass is 511 g/mol. The highest BCUT2D eigenvalue weighted by atomic mass is 32.2. The molecular weight excluding hydrogens is 490 g/mol. The molecule has 0 aliphatic carbocycles. The van der Waals surface area contributed by atoms with E-state index in [0.717, 1.165) is 11.2 Å². The zero-order valence-corrected chi connectivity index (χ0v) is 21.8. The first-order valence-corrected chi connectivity index (χ1v) is 14.1. The number of fused-ring (bicyclic) bond motifs is 10. The van der Waals surface area contributed by atoms with E-state index in [4.69, 9.17) is 4.98 Å². The molecule has 1 nitrogen and oxygen atoms in total. The van der Waals surface area contributed by atoms with E-state index in [1.54, 1.807) is 0 Å². The first-order valence-electron chi connectivity index (χ1n) is 13.3. The van der Waals surface area contributed by atoms with E-state index in [-0.39, 0.29) is 0 Å². The quantitative estimate of drug-likeness (QED) is 0.203. The van der Waals surface area contributed by atoms with E-state index >= 15 is 0 Å². The van der Waals surface area contributed by atoms with Crippen molar-refractivity contribution in [2.24, 2.45) is 0 Å². The number of pyridine rings is 1. The van der Waals surface area contributed by atoms with Crippen molar-refractivity contribution in [2.45, 2.75) is 9.79 Å². The topological polar surface area (TPSA) is 12.9 Å². The molecular formula is C37H21NS. The van der Waals surface area contributed by atoms with Gasteiger partial charge in [-0.15, -0.1) is 0 Å². The third kappa shape index (κ3) is 3.01. The van der Waals surface area contributed by atoms with Gasteiger partial charge in [-0.1, -0.05) is 109 Å². The molecule has 0 radical (unpaired) electrons. The summed E-state index contributed by atoms with van der Waals surface area (Å²) < 4.78 is 0. The van der Waals surface area contributed by atoms with Crippen LogP contribution in [0.2, 0.25) is 0 Å². The van der Waals surface area contributed by atoms with E-state index in [2.05, 4.69) is 127 Å². The van der Waals surface area contributed by atoms with Crippen LogP contribution in [0, 0.1) is 0 Å². The summed E-state index contributed by atoms with van der Waals surface area (Å²) in [5, 5.41) is 11.6. The standard InChI is InChI=1S/C37H21NS/c1-2-10-26-24(8-1)25-9-3-4-11-27(25)31-20-22(16-18-28(26)31)23-17-19-34-32(21-23)37-36-30(13-7-15-35(36)39-34)29-12-5-6-14-33(29)38-37/h1-21H. The van der Waals surface area contributed by atoms with Crippen LogP contribution in [0.25, 0.3) is 76.4 Å². The molecule has 7 aromatic carbocycles. The summed E-state index contributed by atoms with van der Waals surface area (Å²) in [6, 6.07) is 46.5. The van der Waals surface area contributed by atoms with Gasteiger partial charge in [-0.05, 0) is 79.2 Å². The fourth-order valence-electron chi connectivity index (χ4n) is 6.44. The molecule has 1 aliphatic rings. The fourth-order valence-corrected chi connectivity index (χ4v) is 7.54. The fraction of sp³-hybridized carbons (Fsp3) is 0. The predicted octanol–water partition coefficient (Wildman–Crippen LogP) is 10.6. The maximum Gasteiger partial charge on any atom is 0.0811 e. The van der Waals surface area contributed by atoms with E-state index in [0.29, 0.717) is 0 Å². The molecule has 0 saturated heterocycles. The zero-order chi connectivity index (χ0) is 25.5. The smallest absolute Gasteiger partial charge is 0.0811 e. The van der Waals surface area contributed by atoms with Gasteiger partial charge < -0.3 is 0 Å². The van der Waals surface area contributed by atoms with Crippen LogP contribution in [-0.2, 0) is 0 Å². The number of rotatable bonds is 1. The summed E-state index contributed by atoms with van der Waals surface area (Å²) in [6.07, 6.45) is 0. The molecule has 0 atom stereocenters. The van der Waals surface area contributed by atoms with Crippen molar-refractivity contribution < 1.29 is 0 Å². The summed E-state index contributed by atoms with van der Waals surface area (Å²) >= 11 is 1.85. The van der Waals surface area contributed by atoms with Gasteiger partial charge in [-0.2, -0.15) is 0 Å². The maximum atomic E-state index is 5.22. The molecule has 0 saturated carbocycles. The molecule has 8 aromatic rings. The Balaban J connectivity index is 1.31. The Hall–Kier alpha value is -4.66. The minimum atomic E-state index is 1.05. The minimum Gasteiger partial charge on any atom is -0.247 e. The van der Waals surface area contributed by atoms with Crippen molar-refractivity contribution in [1.82, 2.24) is 4.98 Å². The lowest BCUT2D eigenvalue weighted by atomic mass is 9.91. The van der Waals surface area contributed by atoms with Gasteiger partial charge in [0, 0.05) is 26.1 Å². The van der Waals surface area contributed by atoms with E-state index in [1.807, 2.05) is 11.8 Å². The van der Waals surface area contributed by atoms with Crippen molar-refractivity contribution >= 4 is 65.8 Å². The van der Waals surface area contributed by atoms with Crippen molar-refractivity contribution in [3.05, 3.63) is 127 Å². The summed E-state index contributed by atoms with van der Waals surface area (Å²) in [7, 11) is 0. The van der Waals surface area contributed by atoms with Crippen molar-refractivity contribution in [3.8, 4) is 22.4 Å². The lowest BCUT2D eigenvalue weighted by Gasteiger charge is -2.21. The Morgan fingerprint density at radius 2 is 1.00 bits per heavy atom. The number of hydrogen-bond acceptors (Lipinski definition) is 2. The Bertz CT molecular complexity index is 2280. The molecule has 0 unspecified atom stereocenters. The number of hydrogen-bond donors (Lipinski definition) is 0. The highest BCUT2D eigenvalue weighted by Gasteiger charge is 2.22. The predicted molar refractivity (Wildman–Crippen MR) is 167 cm³/mol. The van der Waals surface area contributed by atoms with Gasteiger partial charge in [0.25, 0.3) is 0 Å². The van der Waals surface area contributed by atoms with Crippen LogP contribution in [0.3, 0.4) is 0 Å². The largest absolute Gasteiger partial charge is 0.247 e. The van der Waals surface area contributed by atoms with E-state index < -0.39 is 0 Å². The highest BCUT2D eigenvalue weighted by Crippen LogP contribution is 2.49. The first kappa shape index (κ1) is 21.3.